The van der Waals surface area contributed by atoms with Gasteiger partial charge in [0.1, 0.15) is 11.6 Å². The molecular weight excluding hydrogens is 332 g/mol. The Morgan fingerprint density at radius 1 is 1.38 bits per heavy atom. The van der Waals surface area contributed by atoms with Crippen molar-refractivity contribution in [3.05, 3.63) is 59.2 Å². The maximum absolute atomic E-state index is 14.5. The average Bonchev–Trinajstić information content (AvgIpc) is 3.10. The van der Waals surface area contributed by atoms with Crippen molar-refractivity contribution in [3.8, 4) is 0 Å². The van der Waals surface area contributed by atoms with Crippen molar-refractivity contribution in [2.24, 2.45) is 11.8 Å². The van der Waals surface area contributed by atoms with Crippen LogP contribution < -0.4 is 5.32 Å². The van der Waals surface area contributed by atoms with Crippen molar-refractivity contribution < 1.29 is 13.6 Å². The van der Waals surface area contributed by atoms with Crippen LogP contribution in [0.4, 0.5) is 8.78 Å². The molecule has 2 nitrogen and oxygen atoms in total. The van der Waals surface area contributed by atoms with Gasteiger partial charge in [-0.15, -0.1) is 0 Å². The molecule has 2 unspecified atom stereocenters. The fraction of sp³-hybridized carbons (Fsp3) is 0.421. The third kappa shape index (κ3) is 3.86. The van der Waals surface area contributed by atoms with Crippen LogP contribution in [0.3, 0.4) is 0 Å². The van der Waals surface area contributed by atoms with Crippen LogP contribution in [0.1, 0.15) is 44.2 Å². The number of hydrogen-bond acceptors (Lipinski definition) is 1. The molecule has 0 aromatic heterocycles. The van der Waals surface area contributed by atoms with Crippen molar-refractivity contribution in [1.82, 2.24) is 5.32 Å². The maximum Gasteiger partial charge on any atom is 0.227 e. The first-order valence-electron chi connectivity index (χ1n) is 8.11. The fourth-order valence-electron chi connectivity index (χ4n) is 3.17. The van der Waals surface area contributed by atoms with E-state index >= 15 is 0 Å². The Morgan fingerprint density at radius 3 is 2.58 bits per heavy atom. The molecule has 0 spiro atoms. The van der Waals surface area contributed by atoms with E-state index in [1.165, 1.54) is 12.1 Å². The van der Waals surface area contributed by atoms with E-state index in [1.807, 2.05) is 0 Å². The lowest BCUT2D eigenvalue weighted by Gasteiger charge is -2.27. The summed E-state index contributed by atoms with van der Waals surface area (Å²) in [5.41, 5.74) is 0.406. The molecule has 0 radical (unpaired) electrons. The van der Waals surface area contributed by atoms with Gasteiger partial charge in [0.05, 0.1) is 17.0 Å². The number of benzene rings is 1. The highest BCUT2D eigenvalue weighted by molar-refractivity contribution is 6.30. The monoisotopic (exact) mass is 353 g/mol. The Kier molecular flexibility index (Phi) is 6.16. The molecule has 1 N–H and O–H groups in total. The molecule has 0 saturated heterocycles. The maximum atomic E-state index is 14.5. The standard InChI is InChI=1S/C19H22ClF2NO/c1-4-11(2)12(3)19(24)23-18(13-7-5-6-8-13)16-15(21)10-9-14(20)17(16)22/h4,9-10,12-13,18H,1-2,5-8H2,3H3,(H,23,24). The van der Waals surface area contributed by atoms with Gasteiger partial charge in [-0.2, -0.15) is 0 Å². The molecule has 0 bridgehead atoms. The number of nitrogens with one attached hydrogen (secondary N) is 1. The van der Waals surface area contributed by atoms with Crippen molar-refractivity contribution in [1.29, 1.82) is 0 Å². The highest BCUT2D eigenvalue weighted by Gasteiger charge is 2.33. The second kappa shape index (κ2) is 7.93. The summed E-state index contributed by atoms with van der Waals surface area (Å²) in [6, 6.07) is 1.59. The Labute approximate surface area is 146 Å². The van der Waals surface area contributed by atoms with E-state index in [4.69, 9.17) is 11.6 Å². The van der Waals surface area contributed by atoms with Gasteiger partial charge in [0.2, 0.25) is 5.91 Å². The highest BCUT2D eigenvalue weighted by Crippen LogP contribution is 2.39. The molecule has 1 aliphatic carbocycles. The van der Waals surface area contributed by atoms with Crippen LogP contribution in [-0.4, -0.2) is 5.91 Å². The molecule has 0 aliphatic heterocycles. The van der Waals surface area contributed by atoms with Gasteiger partial charge >= 0.3 is 0 Å². The molecule has 2 atom stereocenters. The molecule has 1 amide bonds. The SMILES string of the molecule is C=CC(=C)C(C)C(=O)NC(c1c(F)ccc(Cl)c1F)C1CCCC1. The molecule has 1 fully saturated rings. The third-order valence-corrected chi connectivity index (χ3v) is 5.06. The molecule has 130 valence electrons. The summed E-state index contributed by atoms with van der Waals surface area (Å²) in [5.74, 6) is -2.35. The van der Waals surface area contributed by atoms with Crippen LogP contribution in [0.15, 0.2) is 36.9 Å². The summed E-state index contributed by atoms with van der Waals surface area (Å²) in [4.78, 5) is 12.5. The molecular formula is C19H22ClF2NO. The van der Waals surface area contributed by atoms with E-state index in [1.54, 1.807) is 6.92 Å². The van der Waals surface area contributed by atoms with Gasteiger partial charge < -0.3 is 5.32 Å². The summed E-state index contributed by atoms with van der Waals surface area (Å²) in [6.45, 7) is 9.06. The van der Waals surface area contributed by atoms with Gasteiger partial charge in [-0.3, -0.25) is 4.79 Å². The molecule has 2 rings (SSSR count). The van der Waals surface area contributed by atoms with E-state index in [0.29, 0.717) is 5.57 Å². The second-order valence-corrected chi connectivity index (χ2v) is 6.70. The minimum absolute atomic E-state index is 0.0133. The summed E-state index contributed by atoms with van der Waals surface area (Å²) >= 11 is 5.83. The number of halogens is 3. The van der Waals surface area contributed by atoms with Crippen LogP contribution >= 0.6 is 11.6 Å². The zero-order valence-corrected chi connectivity index (χ0v) is 14.5. The van der Waals surface area contributed by atoms with Crippen molar-refractivity contribution in [2.45, 2.75) is 38.6 Å². The smallest absolute Gasteiger partial charge is 0.227 e. The van der Waals surface area contributed by atoms with E-state index in [0.717, 1.165) is 31.7 Å². The Hall–Kier alpha value is -1.68. The van der Waals surface area contributed by atoms with Gasteiger partial charge in [-0.25, -0.2) is 8.78 Å². The van der Waals surface area contributed by atoms with Gasteiger partial charge in [-0.1, -0.05) is 43.7 Å². The van der Waals surface area contributed by atoms with Gasteiger partial charge in [0, 0.05) is 5.56 Å². The first kappa shape index (κ1) is 18.7. The van der Waals surface area contributed by atoms with E-state index in [-0.39, 0.29) is 22.4 Å². The van der Waals surface area contributed by atoms with Gasteiger partial charge in [0.25, 0.3) is 0 Å². The number of hydrogen-bond donors (Lipinski definition) is 1. The Bertz CT molecular complexity index is 653. The molecule has 1 aromatic rings. The topological polar surface area (TPSA) is 29.1 Å². The van der Waals surface area contributed by atoms with Gasteiger partial charge in [0.15, 0.2) is 0 Å². The second-order valence-electron chi connectivity index (χ2n) is 6.29. The minimum Gasteiger partial charge on any atom is -0.348 e. The summed E-state index contributed by atoms with van der Waals surface area (Å²) < 4.78 is 28.8. The van der Waals surface area contributed by atoms with Gasteiger partial charge in [-0.05, 0) is 43.4 Å². The van der Waals surface area contributed by atoms with Crippen LogP contribution in [0.25, 0.3) is 0 Å². The molecule has 1 saturated carbocycles. The van der Waals surface area contributed by atoms with E-state index < -0.39 is 23.6 Å². The first-order chi connectivity index (χ1) is 11.4. The van der Waals surface area contributed by atoms with Crippen LogP contribution in [0, 0.1) is 23.5 Å². The summed E-state index contributed by atoms with van der Waals surface area (Å²) in [7, 11) is 0. The summed E-state index contributed by atoms with van der Waals surface area (Å²) in [6.07, 6.45) is 5.10. The average molecular weight is 354 g/mol. The molecule has 0 heterocycles. The number of carbonyl (C=O) groups is 1. The predicted molar refractivity (Wildman–Crippen MR) is 92.7 cm³/mol. The Balaban J connectivity index is 2.36. The van der Waals surface area contributed by atoms with Crippen molar-refractivity contribution in [2.75, 3.05) is 0 Å². The van der Waals surface area contributed by atoms with Crippen LogP contribution in [0.2, 0.25) is 5.02 Å². The fourth-order valence-corrected chi connectivity index (χ4v) is 3.33. The molecule has 1 aliphatic rings. The number of amides is 1. The lowest BCUT2D eigenvalue weighted by atomic mass is 9.89. The molecule has 24 heavy (non-hydrogen) atoms. The highest BCUT2D eigenvalue weighted by atomic mass is 35.5. The zero-order chi connectivity index (χ0) is 17.9. The van der Waals surface area contributed by atoms with E-state index in [2.05, 4.69) is 18.5 Å². The molecule has 1 aromatic carbocycles. The zero-order valence-electron chi connectivity index (χ0n) is 13.7. The van der Waals surface area contributed by atoms with Crippen molar-refractivity contribution >= 4 is 17.5 Å². The largest absolute Gasteiger partial charge is 0.348 e. The third-order valence-electron chi connectivity index (χ3n) is 4.77. The minimum atomic E-state index is -0.802. The quantitative estimate of drug-likeness (QED) is 0.542. The number of rotatable bonds is 6. The lowest BCUT2D eigenvalue weighted by molar-refractivity contribution is -0.124. The van der Waals surface area contributed by atoms with Crippen molar-refractivity contribution in [3.63, 3.8) is 0 Å². The Morgan fingerprint density at radius 2 is 2.00 bits per heavy atom. The normalized spacial score (nSPS) is 17.3. The number of allylic oxidation sites excluding steroid dienone is 1. The summed E-state index contributed by atoms with van der Waals surface area (Å²) in [5, 5.41) is 2.67. The lowest BCUT2D eigenvalue weighted by Crippen LogP contribution is -2.37. The molecule has 5 heteroatoms. The van der Waals surface area contributed by atoms with E-state index in [9.17, 15) is 13.6 Å². The predicted octanol–water partition coefficient (Wildman–Crippen LogP) is 5.34. The van der Waals surface area contributed by atoms with Crippen LogP contribution in [0.5, 0.6) is 0 Å². The number of carbonyl (C=O) groups excluding carboxylic acids is 1. The van der Waals surface area contributed by atoms with Crippen LogP contribution in [-0.2, 0) is 4.79 Å². The first-order valence-corrected chi connectivity index (χ1v) is 8.49.